The van der Waals surface area contributed by atoms with Gasteiger partial charge in [0.25, 0.3) is 0 Å². The molecule has 8 heteroatoms. The Labute approximate surface area is 173 Å². The first-order valence-electron chi connectivity index (χ1n) is 9.66. The van der Waals surface area contributed by atoms with Crippen molar-refractivity contribution in [1.29, 1.82) is 0 Å². The lowest BCUT2D eigenvalue weighted by atomic mass is 9.96. The zero-order chi connectivity index (χ0) is 19.3. The molecule has 28 heavy (non-hydrogen) atoms. The number of nitrogens with one attached hydrogen (secondary N) is 1. The van der Waals surface area contributed by atoms with Gasteiger partial charge in [-0.1, -0.05) is 12.1 Å². The second-order valence-corrected chi connectivity index (χ2v) is 7.92. The van der Waals surface area contributed by atoms with Gasteiger partial charge in [0.15, 0.2) is 0 Å². The predicted octanol–water partition coefficient (Wildman–Crippen LogP) is 2.93. The standard InChI is InChI=1S/C20H24BrN5O2/c21-16-3-1-2-4-17(16)24-20(27)15-5-7-25(8-6-15)18-13-19(23-14-22-18)26-9-11-28-12-10-26/h1-4,13-15H,5-12H2,(H,24,27). The van der Waals surface area contributed by atoms with Crippen molar-refractivity contribution < 1.29 is 9.53 Å². The molecule has 1 N–H and O–H groups in total. The fraction of sp³-hybridized carbons (Fsp3) is 0.450. The number of carbonyl (C=O) groups excluding carboxylic acids is 1. The number of carbonyl (C=O) groups is 1. The van der Waals surface area contributed by atoms with Crippen molar-refractivity contribution in [2.75, 3.05) is 54.5 Å². The lowest BCUT2D eigenvalue weighted by Gasteiger charge is -2.33. The van der Waals surface area contributed by atoms with Crippen LogP contribution in [0, 0.1) is 5.92 Å². The van der Waals surface area contributed by atoms with E-state index in [2.05, 4.69) is 41.0 Å². The topological polar surface area (TPSA) is 70.6 Å². The number of rotatable bonds is 4. The molecule has 1 amide bonds. The zero-order valence-corrected chi connectivity index (χ0v) is 17.3. The van der Waals surface area contributed by atoms with E-state index in [4.69, 9.17) is 4.74 Å². The van der Waals surface area contributed by atoms with Crippen molar-refractivity contribution in [2.24, 2.45) is 5.92 Å². The Balaban J connectivity index is 1.35. The van der Waals surface area contributed by atoms with Crippen LogP contribution in [-0.4, -0.2) is 55.3 Å². The van der Waals surface area contributed by atoms with Crippen LogP contribution >= 0.6 is 15.9 Å². The number of nitrogens with zero attached hydrogens (tertiary/aromatic N) is 4. The van der Waals surface area contributed by atoms with E-state index in [0.717, 1.165) is 74.0 Å². The number of amides is 1. The summed E-state index contributed by atoms with van der Waals surface area (Å²) in [6, 6.07) is 9.74. The summed E-state index contributed by atoms with van der Waals surface area (Å²) in [5.74, 6) is 1.98. The molecule has 2 aromatic rings. The highest BCUT2D eigenvalue weighted by Gasteiger charge is 2.26. The van der Waals surface area contributed by atoms with E-state index in [0.29, 0.717) is 0 Å². The van der Waals surface area contributed by atoms with Gasteiger partial charge in [-0.2, -0.15) is 0 Å². The molecule has 2 aliphatic heterocycles. The van der Waals surface area contributed by atoms with Gasteiger partial charge in [-0.15, -0.1) is 0 Å². The molecule has 1 aromatic carbocycles. The lowest BCUT2D eigenvalue weighted by molar-refractivity contribution is -0.120. The predicted molar refractivity (Wildman–Crippen MR) is 113 cm³/mol. The largest absolute Gasteiger partial charge is 0.378 e. The van der Waals surface area contributed by atoms with Crippen LogP contribution in [0.4, 0.5) is 17.3 Å². The molecule has 2 saturated heterocycles. The van der Waals surface area contributed by atoms with Crippen LogP contribution in [-0.2, 0) is 9.53 Å². The molecule has 2 aliphatic rings. The Morgan fingerprint density at radius 2 is 1.68 bits per heavy atom. The van der Waals surface area contributed by atoms with E-state index in [1.54, 1.807) is 6.33 Å². The van der Waals surface area contributed by atoms with Gasteiger partial charge in [0.05, 0.1) is 18.9 Å². The Morgan fingerprint density at radius 1 is 1.04 bits per heavy atom. The number of hydrogen-bond acceptors (Lipinski definition) is 6. The van der Waals surface area contributed by atoms with Crippen molar-refractivity contribution in [3.05, 3.63) is 41.1 Å². The minimum absolute atomic E-state index is 0.0175. The quantitative estimate of drug-likeness (QED) is 0.779. The van der Waals surface area contributed by atoms with E-state index >= 15 is 0 Å². The number of anilines is 3. The summed E-state index contributed by atoms with van der Waals surface area (Å²) in [5, 5.41) is 3.04. The Morgan fingerprint density at radius 3 is 2.36 bits per heavy atom. The number of para-hydroxylation sites is 1. The molecule has 0 atom stereocenters. The third-order valence-corrected chi connectivity index (χ3v) is 5.99. The minimum atomic E-state index is 0.0175. The van der Waals surface area contributed by atoms with Crippen LogP contribution in [0.1, 0.15) is 12.8 Å². The first-order chi connectivity index (χ1) is 13.7. The van der Waals surface area contributed by atoms with Crippen molar-refractivity contribution >= 4 is 39.2 Å². The third kappa shape index (κ3) is 4.44. The van der Waals surface area contributed by atoms with Crippen LogP contribution in [0.3, 0.4) is 0 Å². The average molecular weight is 446 g/mol. The highest BCUT2D eigenvalue weighted by molar-refractivity contribution is 9.10. The fourth-order valence-electron chi connectivity index (χ4n) is 3.64. The van der Waals surface area contributed by atoms with Gasteiger partial charge in [0.2, 0.25) is 5.91 Å². The van der Waals surface area contributed by atoms with Crippen molar-refractivity contribution in [3.63, 3.8) is 0 Å². The molecule has 3 heterocycles. The van der Waals surface area contributed by atoms with Crippen LogP contribution in [0.2, 0.25) is 0 Å². The second-order valence-electron chi connectivity index (χ2n) is 7.06. The van der Waals surface area contributed by atoms with Gasteiger partial charge in [0.1, 0.15) is 18.0 Å². The van der Waals surface area contributed by atoms with Crippen LogP contribution in [0.25, 0.3) is 0 Å². The van der Waals surface area contributed by atoms with Crippen molar-refractivity contribution in [1.82, 2.24) is 9.97 Å². The number of halogens is 1. The van der Waals surface area contributed by atoms with Gasteiger partial charge in [-0.05, 0) is 40.9 Å². The zero-order valence-electron chi connectivity index (χ0n) is 15.7. The maximum Gasteiger partial charge on any atom is 0.227 e. The molecular formula is C20H24BrN5O2. The monoisotopic (exact) mass is 445 g/mol. The van der Waals surface area contributed by atoms with Gasteiger partial charge >= 0.3 is 0 Å². The molecule has 7 nitrogen and oxygen atoms in total. The first kappa shape index (κ1) is 19.1. The third-order valence-electron chi connectivity index (χ3n) is 5.29. The van der Waals surface area contributed by atoms with E-state index in [9.17, 15) is 4.79 Å². The summed E-state index contributed by atoms with van der Waals surface area (Å²) in [6.45, 7) is 4.80. The summed E-state index contributed by atoms with van der Waals surface area (Å²) < 4.78 is 6.32. The fourth-order valence-corrected chi connectivity index (χ4v) is 4.03. The maximum absolute atomic E-state index is 12.6. The Kier molecular flexibility index (Phi) is 6.07. The number of aromatic nitrogens is 2. The molecule has 4 rings (SSSR count). The van der Waals surface area contributed by atoms with Crippen molar-refractivity contribution in [2.45, 2.75) is 12.8 Å². The Hall–Kier alpha value is -2.19. The van der Waals surface area contributed by atoms with Crippen molar-refractivity contribution in [3.8, 4) is 0 Å². The van der Waals surface area contributed by atoms with E-state index in [-0.39, 0.29) is 11.8 Å². The summed E-state index contributed by atoms with van der Waals surface area (Å²) in [7, 11) is 0. The average Bonchev–Trinajstić information content (AvgIpc) is 2.76. The molecule has 0 radical (unpaired) electrons. The van der Waals surface area contributed by atoms with Crippen LogP contribution in [0.15, 0.2) is 41.1 Å². The SMILES string of the molecule is O=C(Nc1ccccc1Br)C1CCN(c2cc(N3CCOCC3)ncn2)CC1. The molecule has 0 bridgehead atoms. The second kappa shape index (κ2) is 8.87. The molecule has 0 aliphatic carbocycles. The van der Waals surface area contributed by atoms with E-state index in [1.165, 1.54) is 0 Å². The molecule has 1 aromatic heterocycles. The highest BCUT2D eigenvalue weighted by atomic mass is 79.9. The molecule has 0 saturated carbocycles. The summed E-state index contributed by atoms with van der Waals surface area (Å²) in [6.07, 6.45) is 3.26. The van der Waals surface area contributed by atoms with Gasteiger partial charge in [-0.3, -0.25) is 4.79 Å². The van der Waals surface area contributed by atoms with E-state index < -0.39 is 0 Å². The summed E-state index contributed by atoms with van der Waals surface area (Å²) in [5.41, 5.74) is 0.820. The number of benzene rings is 1. The number of morpholine rings is 1. The number of piperidine rings is 1. The van der Waals surface area contributed by atoms with Crippen LogP contribution < -0.4 is 15.1 Å². The van der Waals surface area contributed by atoms with E-state index in [1.807, 2.05) is 30.3 Å². The summed E-state index contributed by atoms with van der Waals surface area (Å²) in [4.78, 5) is 26.0. The lowest BCUT2D eigenvalue weighted by Crippen LogP contribution is -2.39. The Bertz CT molecular complexity index is 820. The molecule has 0 unspecified atom stereocenters. The molecule has 148 valence electrons. The van der Waals surface area contributed by atoms with Gasteiger partial charge < -0.3 is 19.9 Å². The smallest absolute Gasteiger partial charge is 0.227 e. The maximum atomic E-state index is 12.6. The number of hydrogen-bond donors (Lipinski definition) is 1. The van der Waals surface area contributed by atoms with Gasteiger partial charge in [-0.25, -0.2) is 9.97 Å². The summed E-state index contributed by atoms with van der Waals surface area (Å²) >= 11 is 3.48. The molecule has 2 fully saturated rings. The van der Waals surface area contributed by atoms with Gasteiger partial charge in [0, 0.05) is 42.6 Å². The highest BCUT2D eigenvalue weighted by Crippen LogP contribution is 2.27. The normalized spacial score (nSPS) is 18.2. The molecular weight excluding hydrogens is 422 g/mol. The van der Waals surface area contributed by atoms with Crippen LogP contribution in [0.5, 0.6) is 0 Å². The molecule has 0 spiro atoms. The number of ether oxygens (including phenoxy) is 1. The minimum Gasteiger partial charge on any atom is -0.378 e. The first-order valence-corrected chi connectivity index (χ1v) is 10.4.